The number of sulfonamides is 1. The molecular weight excluding hydrogens is 316 g/mol. The van der Waals surface area contributed by atoms with Crippen LogP contribution in [-0.4, -0.2) is 70.4 Å². The van der Waals surface area contributed by atoms with Crippen LogP contribution >= 0.6 is 0 Å². The average molecular weight is 349 g/mol. The fraction of sp³-hybridized carbons (Fsp3) is 0.933. The van der Waals surface area contributed by atoms with Gasteiger partial charge in [-0.2, -0.15) is 0 Å². The molecule has 1 saturated heterocycles. The Morgan fingerprint density at radius 2 is 2.09 bits per heavy atom. The molecular formula is C15H32N4O3S. The Labute approximate surface area is 140 Å². The fourth-order valence-electron chi connectivity index (χ4n) is 2.22. The van der Waals surface area contributed by atoms with E-state index in [9.17, 15) is 8.42 Å². The number of guanidine groups is 1. The van der Waals surface area contributed by atoms with E-state index in [0.717, 1.165) is 26.0 Å². The summed E-state index contributed by atoms with van der Waals surface area (Å²) in [6, 6.07) is 0. The predicted molar refractivity (Wildman–Crippen MR) is 94.2 cm³/mol. The maximum Gasteiger partial charge on any atom is 0.214 e. The van der Waals surface area contributed by atoms with E-state index >= 15 is 0 Å². The first-order valence-corrected chi connectivity index (χ1v) is 10.1. The van der Waals surface area contributed by atoms with Gasteiger partial charge in [0.2, 0.25) is 10.0 Å². The van der Waals surface area contributed by atoms with Gasteiger partial charge in [-0.25, -0.2) is 12.7 Å². The summed E-state index contributed by atoms with van der Waals surface area (Å²) in [5.74, 6) is 1.63. The van der Waals surface area contributed by atoms with Crippen LogP contribution in [-0.2, 0) is 14.8 Å². The van der Waals surface area contributed by atoms with Crippen LogP contribution in [0, 0.1) is 5.92 Å². The zero-order chi connectivity index (χ0) is 17.1. The Hall–Kier alpha value is -0.860. The highest BCUT2D eigenvalue weighted by atomic mass is 32.2. The quantitative estimate of drug-likeness (QED) is 0.344. The number of hydrogen-bond acceptors (Lipinski definition) is 4. The number of hydrogen-bond donors (Lipinski definition) is 2. The van der Waals surface area contributed by atoms with Crippen molar-refractivity contribution in [1.29, 1.82) is 0 Å². The SMILES string of the molecule is CCNC(=NCCN1CCCS1(=O)=O)NCCOCCC(C)C. The Balaban J connectivity index is 2.24. The van der Waals surface area contributed by atoms with Crippen molar-refractivity contribution < 1.29 is 13.2 Å². The molecule has 0 atom stereocenters. The third-order valence-corrected chi connectivity index (χ3v) is 5.50. The highest BCUT2D eigenvalue weighted by Gasteiger charge is 2.27. The Morgan fingerprint density at radius 3 is 2.70 bits per heavy atom. The molecule has 136 valence electrons. The summed E-state index contributed by atoms with van der Waals surface area (Å²) in [6.07, 6.45) is 1.79. The molecule has 2 N–H and O–H groups in total. The van der Waals surface area contributed by atoms with Crippen LogP contribution in [0.15, 0.2) is 4.99 Å². The second kappa shape index (κ2) is 10.8. The van der Waals surface area contributed by atoms with Gasteiger partial charge in [0.1, 0.15) is 0 Å². The Bertz CT molecular complexity index is 452. The van der Waals surface area contributed by atoms with E-state index in [0.29, 0.717) is 44.7 Å². The molecule has 0 bridgehead atoms. The van der Waals surface area contributed by atoms with Gasteiger partial charge in [-0.15, -0.1) is 0 Å². The van der Waals surface area contributed by atoms with Gasteiger partial charge < -0.3 is 15.4 Å². The van der Waals surface area contributed by atoms with Crippen molar-refractivity contribution in [1.82, 2.24) is 14.9 Å². The monoisotopic (exact) mass is 348 g/mol. The van der Waals surface area contributed by atoms with Crippen molar-refractivity contribution in [3.63, 3.8) is 0 Å². The highest BCUT2D eigenvalue weighted by molar-refractivity contribution is 7.89. The standard InChI is InChI=1S/C15H32N4O3S/c1-4-16-15(18-8-12-22-11-6-14(2)3)17-7-10-19-9-5-13-23(19,20)21/h14H,4-13H2,1-3H3,(H2,16,17,18). The lowest BCUT2D eigenvalue weighted by Gasteiger charge is -2.14. The van der Waals surface area contributed by atoms with Gasteiger partial charge in [0.15, 0.2) is 5.96 Å². The fourth-order valence-corrected chi connectivity index (χ4v) is 3.74. The summed E-state index contributed by atoms with van der Waals surface area (Å²) in [5.41, 5.74) is 0. The van der Waals surface area contributed by atoms with Gasteiger partial charge in [-0.05, 0) is 25.7 Å². The van der Waals surface area contributed by atoms with Crippen LogP contribution < -0.4 is 10.6 Å². The summed E-state index contributed by atoms with van der Waals surface area (Å²) in [7, 11) is -3.03. The van der Waals surface area contributed by atoms with E-state index in [1.54, 1.807) is 0 Å². The summed E-state index contributed by atoms with van der Waals surface area (Å²) in [4.78, 5) is 4.42. The maximum atomic E-state index is 11.7. The number of rotatable bonds is 10. The average Bonchev–Trinajstić information content (AvgIpc) is 2.81. The molecule has 0 saturated carbocycles. The lowest BCUT2D eigenvalue weighted by atomic mass is 10.1. The topological polar surface area (TPSA) is 83.0 Å². The smallest absolute Gasteiger partial charge is 0.214 e. The van der Waals surface area contributed by atoms with Gasteiger partial charge in [0, 0.05) is 32.8 Å². The summed E-state index contributed by atoms with van der Waals surface area (Å²) in [6.45, 7) is 10.8. The Kier molecular flexibility index (Phi) is 9.50. The summed E-state index contributed by atoms with van der Waals surface area (Å²) >= 11 is 0. The van der Waals surface area contributed by atoms with E-state index in [1.807, 2.05) is 6.92 Å². The molecule has 0 spiro atoms. The van der Waals surface area contributed by atoms with Crippen molar-refractivity contribution in [2.45, 2.75) is 33.6 Å². The van der Waals surface area contributed by atoms with E-state index in [2.05, 4.69) is 29.5 Å². The van der Waals surface area contributed by atoms with Crippen LogP contribution in [0.3, 0.4) is 0 Å². The van der Waals surface area contributed by atoms with Gasteiger partial charge in [-0.3, -0.25) is 4.99 Å². The van der Waals surface area contributed by atoms with Gasteiger partial charge in [0.05, 0.1) is 18.9 Å². The van der Waals surface area contributed by atoms with Crippen molar-refractivity contribution in [3.05, 3.63) is 0 Å². The molecule has 0 aromatic rings. The number of ether oxygens (including phenoxy) is 1. The maximum absolute atomic E-state index is 11.7. The van der Waals surface area contributed by atoms with Gasteiger partial charge in [-0.1, -0.05) is 13.8 Å². The molecule has 8 heteroatoms. The molecule has 1 heterocycles. The number of nitrogens with zero attached hydrogens (tertiary/aromatic N) is 2. The summed E-state index contributed by atoms with van der Waals surface area (Å²) < 4.78 is 30.5. The molecule has 7 nitrogen and oxygen atoms in total. The second-order valence-corrected chi connectivity index (χ2v) is 8.14. The van der Waals surface area contributed by atoms with Crippen LogP contribution in [0.5, 0.6) is 0 Å². The van der Waals surface area contributed by atoms with Gasteiger partial charge in [0.25, 0.3) is 0 Å². The van der Waals surface area contributed by atoms with Crippen molar-refractivity contribution in [2.24, 2.45) is 10.9 Å². The molecule has 0 aromatic carbocycles. The molecule has 0 aliphatic carbocycles. The second-order valence-electron chi connectivity index (χ2n) is 6.05. The first-order valence-electron chi connectivity index (χ1n) is 8.53. The molecule has 23 heavy (non-hydrogen) atoms. The number of aliphatic imine (C=N–C) groups is 1. The molecule has 1 aliphatic heterocycles. The zero-order valence-corrected chi connectivity index (χ0v) is 15.5. The first-order chi connectivity index (χ1) is 11.0. The molecule has 1 rings (SSSR count). The first kappa shape index (κ1) is 20.2. The Morgan fingerprint density at radius 1 is 1.30 bits per heavy atom. The van der Waals surface area contributed by atoms with E-state index in [1.165, 1.54) is 4.31 Å². The zero-order valence-electron chi connectivity index (χ0n) is 14.7. The van der Waals surface area contributed by atoms with Crippen molar-refractivity contribution in [2.75, 3.05) is 51.7 Å². The van der Waals surface area contributed by atoms with Gasteiger partial charge >= 0.3 is 0 Å². The largest absolute Gasteiger partial charge is 0.380 e. The minimum atomic E-state index is -3.03. The minimum absolute atomic E-state index is 0.267. The normalized spacial score (nSPS) is 18.5. The molecule has 0 amide bonds. The molecule has 0 aromatic heterocycles. The van der Waals surface area contributed by atoms with Crippen LogP contribution in [0.1, 0.15) is 33.6 Å². The molecule has 1 fully saturated rings. The molecule has 0 unspecified atom stereocenters. The lowest BCUT2D eigenvalue weighted by Crippen LogP contribution is -2.39. The lowest BCUT2D eigenvalue weighted by molar-refractivity contribution is 0.128. The molecule has 1 aliphatic rings. The van der Waals surface area contributed by atoms with Crippen LogP contribution in [0.4, 0.5) is 0 Å². The van der Waals surface area contributed by atoms with Crippen LogP contribution in [0.25, 0.3) is 0 Å². The molecule has 0 radical (unpaired) electrons. The van der Waals surface area contributed by atoms with E-state index < -0.39 is 10.0 Å². The van der Waals surface area contributed by atoms with E-state index in [-0.39, 0.29) is 5.75 Å². The van der Waals surface area contributed by atoms with Crippen molar-refractivity contribution >= 4 is 16.0 Å². The van der Waals surface area contributed by atoms with E-state index in [4.69, 9.17) is 4.74 Å². The van der Waals surface area contributed by atoms with Crippen molar-refractivity contribution in [3.8, 4) is 0 Å². The summed E-state index contributed by atoms with van der Waals surface area (Å²) in [5, 5.41) is 6.35. The predicted octanol–water partition coefficient (Wildman–Crippen LogP) is 0.640. The minimum Gasteiger partial charge on any atom is -0.380 e. The number of nitrogens with one attached hydrogen (secondary N) is 2. The third kappa shape index (κ3) is 8.53. The third-order valence-electron chi connectivity index (χ3n) is 3.55. The van der Waals surface area contributed by atoms with Crippen LogP contribution in [0.2, 0.25) is 0 Å². The highest BCUT2D eigenvalue weighted by Crippen LogP contribution is 2.12.